The number of esters is 1. The first-order valence-electron chi connectivity index (χ1n) is 11.3. The molecule has 6 rings (SSSR count). The summed E-state index contributed by atoms with van der Waals surface area (Å²) in [5.41, 5.74) is 0.329. The molecule has 30 heavy (non-hydrogen) atoms. The maximum Gasteiger partial charge on any atom is 0.329 e. The molecule has 0 spiro atoms. The molecule has 4 bridgehead atoms. The molecule has 6 heteroatoms. The standard InChI is InChI=1S/C24H30FNO4/c1-29-21-5-4-15(10-19(21)25)14-30-22(27)20-3-2-6-26(20)23(28)24-11-16-7-17(12-24)9-18(8-16)13-24/h4-5,10,16-18,20H,2-3,6-9,11-14H2,1H3/t16?,17?,18?,20-,24?/m0/s1. The van der Waals surface area contributed by atoms with Crippen LogP contribution in [0.2, 0.25) is 0 Å². The second-order valence-corrected chi connectivity index (χ2v) is 9.93. The third-order valence-electron chi connectivity index (χ3n) is 7.87. The Labute approximate surface area is 176 Å². The van der Waals surface area contributed by atoms with Crippen LogP contribution >= 0.6 is 0 Å². The van der Waals surface area contributed by atoms with Crippen LogP contribution in [-0.2, 0) is 20.9 Å². The third-order valence-corrected chi connectivity index (χ3v) is 7.87. The SMILES string of the molecule is COc1ccc(COC(=O)[C@@H]2CCCN2C(=O)C23CC4CC(CC(C4)C2)C3)cc1F. The van der Waals surface area contributed by atoms with E-state index in [1.165, 1.54) is 38.5 Å². The molecular weight excluding hydrogens is 385 g/mol. The Morgan fingerprint density at radius 2 is 1.80 bits per heavy atom. The number of nitrogens with zero attached hydrogens (tertiary/aromatic N) is 1. The molecule has 4 aliphatic carbocycles. The zero-order valence-electron chi connectivity index (χ0n) is 17.6. The predicted octanol–water partition coefficient (Wildman–Crippen LogP) is 4.08. The number of ether oxygens (including phenoxy) is 2. The number of likely N-dealkylation sites (tertiary alicyclic amines) is 1. The van der Waals surface area contributed by atoms with E-state index in [-0.39, 0.29) is 29.6 Å². The Morgan fingerprint density at radius 3 is 2.40 bits per heavy atom. The van der Waals surface area contributed by atoms with Gasteiger partial charge in [-0.2, -0.15) is 0 Å². The fourth-order valence-corrected chi connectivity index (χ4v) is 6.98. The van der Waals surface area contributed by atoms with Crippen LogP contribution in [0.4, 0.5) is 4.39 Å². The van der Waals surface area contributed by atoms with Crippen molar-refractivity contribution < 1.29 is 23.5 Å². The minimum Gasteiger partial charge on any atom is -0.494 e. The fraction of sp³-hybridized carbons (Fsp3) is 0.667. The average Bonchev–Trinajstić information content (AvgIpc) is 3.20. The molecule has 1 aromatic rings. The molecule has 1 heterocycles. The number of benzene rings is 1. The van der Waals surface area contributed by atoms with Crippen molar-refractivity contribution in [1.82, 2.24) is 4.90 Å². The van der Waals surface area contributed by atoms with Crippen molar-refractivity contribution in [2.24, 2.45) is 23.2 Å². The zero-order chi connectivity index (χ0) is 20.9. The van der Waals surface area contributed by atoms with Gasteiger partial charge in [0.2, 0.25) is 5.91 Å². The van der Waals surface area contributed by atoms with Crippen LogP contribution in [0.1, 0.15) is 56.9 Å². The Bertz CT molecular complexity index is 818. The average molecular weight is 416 g/mol. The van der Waals surface area contributed by atoms with Crippen molar-refractivity contribution in [2.45, 2.75) is 64.0 Å². The first-order chi connectivity index (χ1) is 14.5. The number of halogens is 1. The monoisotopic (exact) mass is 415 g/mol. The number of carbonyl (C=O) groups is 2. The molecule has 1 atom stereocenters. The summed E-state index contributed by atoms with van der Waals surface area (Å²) in [6.07, 6.45) is 8.34. The lowest BCUT2D eigenvalue weighted by molar-refractivity contribution is -0.166. The van der Waals surface area contributed by atoms with Gasteiger partial charge in [0.25, 0.3) is 0 Å². The lowest BCUT2D eigenvalue weighted by Crippen LogP contribution is -2.56. The topological polar surface area (TPSA) is 55.8 Å². The normalized spacial score (nSPS) is 34.3. The van der Waals surface area contributed by atoms with Crippen molar-refractivity contribution in [3.8, 4) is 5.75 Å². The number of hydrogen-bond acceptors (Lipinski definition) is 4. The van der Waals surface area contributed by atoms with E-state index >= 15 is 0 Å². The minimum absolute atomic E-state index is 0.00432. The summed E-state index contributed by atoms with van der Waals surface area (Å²) in [4.78, 5) is 28.3. The van der Waals surface area contributed by atoms with Crippen molar-refractivity contribution >= 4 is 11.9 Å². The molecule has 0 aromatic heterocycles. The van der Waals surface area contributed by atoms with E-state index in [9.17, 15) is 14.0 Å². The number of amides is 1. The van der Waals surface area contributed by atoms with Gasteiger partial charge in [-0.25, -0.2) is 9.18 Å². The van der Waals surface area contributed by atoms with Crippen LogP contribution in [0, 0.1) is 29.0 Å². The summed E-state index contributed by atoms with van der Waals surface area (Å²) in [6, 6.07) is 4.02. The van der Waals surface area contributed by atoms with Crippen molar-refractivity contribution in [3.05, 3.63) is 29.6 Å². The maximum atomic E-state index is 13.9. The van der Waals surface area contributed by atoms with Gasteiger partial charge in [-0.15, -0.1) is 0 Å². The van der Waals surface area contributed by atoms with Crippen LogP contribution in [0.15, 0.2) is 18.2 Å². The predicted molar refractivity (Wildman–Crippen MR) is 108 cm³/mol. The van der Waals surface area contributed by atoms with Crippen LogP contribution in [0.25, 0.3) is 0 Å². The zero-order valence-corrected chi connectivity index (χ0v) is 17.6. The van der Waals surface area contributed by atoms with Gasteiger partial charge in [-0.3, -0.25) is 4.79 Å². The molecule has 1 aromatic carbocycles. The summed E-state index contributed by atoms with van der Waals surface area (Å²) in [6.45, 7) is 0.632. The highest BCUT2D eigenvalue weighted by atomic mass is 19.1. The van der Waals surface area contributed by atoms with Crippen molar-refractivity contribution in [3.63, 3.8) is 0 Å². The number of rotatable bonds is 5. The Hall–Kier alpha value is -2.11. The van der Waals surface area contributed by atoms with E-state index in [1.807, 2.05) is 4.90 Å². The molecule has 5 nitrogen and oxygen atoms in total. The molecule has 162 valence electrons. The van der Waals surface area contributed by atoms with Gasteiger partial charge >= 0.3 is 5.97 Å². The van der Waals surface area contributed by atoms with E-state index in [1.54, 1.807) is 6.07 Å². The first kappa shape index (κ1) is 19.8. The first-order valence-corrected chi connectivity index (χ1v) is 11.3. The van der Waals surface area contributed by atoms with E-state index in [2.05, 4.69) is 0 Å². The molecule has 4 saturated carbocycles. The molecular formula is C24H30FNO4. The molecule has 5 fully saturated rings. The van der Waals surface area contributed by atoms with E-state index < -0.39 is 11.9 Å². The third kappa shape index (κ3) is 3.38. The highest BCUT2D eigenvalue weighted by Gasteiger charge is 2.56. The van der Waals surface area contributed by atoms with Gasteiger partial charge < -0.3 is 14.4 Å². The lowest BCUT2D eigenvalue weighted by atomic mass is 9.49. The summed E-state index contributed by atoms with van der Waals surface area (Å²) in [7, 11) is 1.41. The Kier molecular flexibility index (Phi) is 4.98. The van der Waals surface area contributed by atoms with Gasteiger partial charge in [0.05, 0.1) is 12.5 Å². The number of methoxy groups -OCH3 is 1. The van der Waals surface area contributed by atoms with Gasteiger partial charge in [0.15, 0.2) is 11.6 Å². The lowest BCUT2D eigenvalue weighted by Gasteiger charge is -2.56. The molecule has 1 saturated heterocycles. The van der Waals surface area contributed by atoms with Gasteiger partial charge in [0.1, 0.15) is 12.6 Å². The highest BCUT2D eigenvalue weighted by molar-refractivity contribution is 5.89. The molecule has 1 aliphatic heterocycles. The van der Waals surface area contributed by atoms with Crippen LogP contribution in [0.3, 0.4) is 0 Å². The minimum atomic E-state index is -0.506. The summed E-state index contributed by atoms with van der Waals surface area (Å²) in [5.74, 6) is 1.58. The van der Waals surface area contributed by atoms with E-state index in [0.29, 0.717) is 36.3 Å². The van der Waals surface area contributed by atoms with Crippen molar-refractivity contribution in [1.29, 1.82) is 0 Å². The van der Waals surface area contributed by atoms with E-state index in [4.69, 9.17) is 9.47 Å². The van der Waals surface area contributed by atoms with Crippen LogP contribution in [0.5, 0.6) is 5.75 Å². The second kappa shape index (κ2) is 7.54. The second-order valence-electron chi connectivity index (χ2n) is 9.93. The van der Waals surface area contributed by atoms with Crippen LogP contribution in [-0.4, -0.2) is 36.5 Å². The largest absolute Gasteiger partial charge is 0.494 e. The molecule has 0 radical (unpaired) electrons. The quantitative estimate of drug-likeness (QED) is 0.680. The van der Waals surface area contributed by atoms with Crippen molar-refractivity contribution in [2.75, 3.05) is 13.7 Å². The molecule has 5 aliphatic rings. The summed E-state index contributed by atoms with van der Waals surface area (Å²) >= 11 is 0. The van der Waals surface area contributed by atoms with Gasteiger partial charge in [-0.05, 0) is 86.8 Å². The number of carbonyl (C=O) groups excluding carboxylic acids is 2. The summed E-state index contributed by atoms with van der Waals surface area (Å²) in [5, 5.41) is 0. The summed E-state index contributed by atoms with van der Waals surface area (Å²) < 4.78 is 24.3. The number of hydrogen-bond donors (Lipinski definition) is 0. The fourth-order valence-electron chi connectivity index (χ4n) is 6.98. The van der Waals surface area contributed by atoms with Crippen LogP contribution < -0.4 is 4.74 Å². The Morgan fingerprint density at radius 1 is 1.13 bits per heavy atom. The smallest absolute Gasteiger partial charge is 0.329 e. The molecule has 1 amide bonds. The maximum absolute atomic E-state index is 13.9. The molecule has 0 unspecified atom stereocenters. The Balaban J connectivity index is 1.25. The highest BCUT2D eigenvalue weighted by Crippen LogP contribution is 2.60. The van der Waals surface area contributed by atoms with Gasteiger partial charge in [-0.1, -0.05) is 6.07 Å². The molecule has 0 N–H and O–H groups in total. The van der Waals surface area contributed by atoms with Gasteiger partial charge in [0, 0.05) is 6.54 Å². The van der Waals surface area contributed by atoms with E-state index in [0.717, 1.165) is 25.7 Å².